The smallest absolute Gasteiger partial charge is 0.259 e. The maximum absolute atomic E-state index is 13.2. The monoisotopic (exact) mass is 477 g/mol. The van der Waals surface area contributed by atoms with E-state index < -0.39 is 23.8 Å². The minimum Gasteiger partial charge on any atom is -0.382 e. The van der Waals surface area contributed by atoms with Gasteiger partial charge in [-0.25, -0.2) is 4.98 Å². The van der Waals surface area contributed by atoms with Gasteiger partial charge in [0.15, 0.2) is 5.95 Å². The number of H-pyrrole nitrogens is 1. The zero-order valence-corrected chi connectivity index (χ0v) is 19.9. The molecular formula is C25H27N5O3S. The summed E-state index contributed by atoms with van der Waals surface area (Å²) in [5, 5.41) is 14.0. The molecule has 0 bridgehead atoms. The molecule has 0 spiro atoms. The van der Waals surface area contributed by atoms with E-state index in [2.05, 4.69) is 15.3 Å². The summed E-state index contributed by atoms with van der Waals surface area (Å²) in [4.78, 5) is 33.9. The molecule has 2 aromatic carbocycles. The number of primary amides is 1. The summed E-state index contributed by atoms with van der Waals surface area (Å²) < 4.78 is 0. The Kier molecular flexibility index (Phi) is 6.16. The molecule has 0 aliphatic carbocycles. The number of aliphatic hydroxyl groups is 1. The molecule has 0 saturated heterocycles. The lowest BCUT2D eigenvalue weighted by Gasteiger charge is -2.23. The number of benzene rings is 2. The molecule has 2 unspecified atom stereocenters. The zero-order chi connectivity index (χ0) is 24.6. The van der Waals surface area contributed by atoms with Crippen molar-refractivity contribution in [2.45, 2.75) is 38.2 Å². The Hall–Kier alpha value is -3.69. The van der Waals surface area contributed by atoms with Crippen molar-refractivity contribution >= 4 is 45.8 Å². The molecule has 2 heterocycles. The van der Waals surface area contributed by atoms with Gasteiger partial charge in [0.2, 0.25) is 0 Å². The highest BCUT2D eigenvalue weighted by atomic mass is 32.1. The van der Waals surface area contributed by atoms with Crippen LogP contribution in [0.3, 0.4) is 0 Å². The highest BCUT2D eigenvalue weighted by Gasteiger charge is 2.34. The number of nitrogen functional groups attached to an aromatic ring is 1. The number of nitrogens with one attached hydrogen (secondary N) is 2. The van der Waals surface area contributed by atoms with Gasteiger partial charge in [0.1, 0.15) is 6.10 Å². The first-order chi connectivity index (χ1) is 16.0. The topological polar surface area (TPSA) is 147 Å². The predicted octanol–water partition coefficient (Wildman–Crippen LogP) is 3.73. The second kappa shape index (κ2) is 8.92. The summed E-state index contributed by atoms with van der Waals surface area (Å²) in [6.45, 7) is 6.10. The van der Waals surface area contributed by atoms with Gasteiger partial charge in [0.05, 0.1) is 15.9 Å². The molecule has 0 fully saturated rings. The van der Waals surface area contributed by atoms with Crippen molar-refractivity contribution in [3.05, 3.63) is 75.5 Å². The van der Waals surface area contributed by atoms with Gasteiger partial charge in [0, 0.05) is 16.5 Å². The summed E-state index contributed by atoms with van der Waals surface area (Å²) in [6, 6.07) is 16.1. The summed E-state index contributed by atoms with van der Waals surface area (Å²) >= 11 is 1.29. The van der Waals surface area contributed by atoms with Gasteiger partial charge in [-0.1, -0.05) is 51.1 Å². The largest absolute Gasteiger partial charge is 0.382 e. The lowest BCUT2D eigenvalue weighted by atomic mass is 9.84. The fourth-order valence-corrected chi connectivity index (χ4v) is 4.98. The minimum atomic E-state index is -1.48. The molecule has 2 atom stereocenters. The third kappa shape index (κ3) is 4.66. The molecule has 176 valence electrons. The Labute approximate surface area is 201 Å². The van der Waals surface area contributed by atoms with Crippen LogP contribution in [0, 0.1) is 0 Å². The number of hydrogen-bond donors (Lipinski definition) is 5. The first kappa shape index (κ1) is 23.5. The summed E-state index contributed by atoms with van der Waals surface area (Å²) in [7, 11) is 0. The van der Waals surface area contributed by atoms with Crippen LogP contribution >= 0.6 is 11.3 Å². The molecule has 0 aliphatic heterocycles. The van der Waals surface area contributed by atoms with Crippen molar-refractivity contribution in [2.75, 3.05) is 11.1 Å². The van der Waals surface area contributed by atoms with Gasteiger partial charge in [0.25, 0.3) is 11.8 Å². The number of rotatable bonds is 6. The quantitative estimate of drug-likeness (QED) is 0.287. The highest BCUT2D eigenvalue weighted by molar-refractivity contribution is 7.14. The number of nitrogens with zero attached hydrogens (tertiary/aromatic N) is 1. The second-order valence-corrected chi connectivity index (χ2v) is 10.2. The maximum atomic E-state index is 13.2. The number of imidazole rings is 1. The van der Waals surface area contributed by atoms with Crippen LogP contribution in [0.15, 0.2) is 54.6 Å². The van der Waals surface area contributed by atoms with Crippen LogP contribution in [0.25, 0.3) is 11.0 Å². The van der Waals surface area contributed by atoms with Crippen LogP contribution in [0.4, 0.5) is 11.6 Å². The first-order valence-corrected chi connectivity index (χ1v) is 11.6. The van der Waals surface area contributed by atoms with E-state index in [9.17, 15) is 14.7 Å². The number of amides is 2. The molecule has 0 aliphatic rings. The van der Waals surface area contributed by atoms with Gasteiger partial charge >= 0.3 is 0 Å². The van der Waals surface area contributed by atoms with Crippen molar-refractivity contribution in [1.82, 2.24) is 9.97 Å². The van der Waals surface area contributed by atoms with Crippen LogP contribution in [0.2, 0.25) is 0 Å². The molecule has 2 amide bonds. The Morgan fingerprint density at radius 3 is 2.47 bits per heavy atom. The van der Waals surface area contributed by atoms with Crippen molar-refractivity contribution in [2.24, 2.45) is 5.73 Å². The molecule has 0 saturated carbocycles. The van der Waals surface area contributed by atoms with Crippen LogP contribution < -0.4 is 16.8 Å². The third-order valence-corrected chi connectivity index (χ3v) is 7.16. The van der Waals surface area contributed by atoms with Crippen LogP contribution in [0.5, 0.6) is 0 Å². The molecule has 0 radical (unpaired) electrons. The van der Waals surface area contributed by atoms with E-state index in [1.54, 1.807) is 18.2 Å². The number of aromatic amines is 1. The first-order valence-electron chi connectivity index (χ1n) is 10.8. The molecule has 9 heteroatoms. The molecule has 7 N–H and O–H groups in total. The Morgan fingerprint density at radius 2 is 1.82 bits per heavy atom. The number of anilines is 2. The number of aliphatic hydroxyl groups excluding tert-OH is 1. The molecule has 4 aromatic rings. The van der Waals surface area contributed by atoms with Crippen LogP contribution in [-0.2, 0) is 10.2 Å². The average molecular weight is 478 g/mol. The van der Waals surface area contributed by atoms with Gasteiger partial charge in [-0.15, -0.1) is 11.3 Å². The SMILES string of the molecule is CC(C)(C)c1cc(C(c2ccccc2)C(O)C(=O)Nc2ccc3nc(N)[nH]c3c2)c(C(N)=O)s1. The van der Waals surface area contributed by atoms with E-state index >= 15 is 0 Å². The highest BCUT2D eigenvalue weighted by Crippen LogP contribution is 2.39. The summed E-state index contributed by atoms with van der Waals surface area (Å²) in [6.07, 6.45) is -1.48. The third-order valence-electron chi connectivity index (χ3n) is 5.57. The van der Waals surface area contributed by atoms with Crippen molar-refractivity contribution < 1.29 is 14.7 Å². The molecule has 34 heavy (non-hydrogen) atoms. The van der Waals surface area contributed by atoms with Crippen LogP contribution in [-0.4, -0.2) is 33.0 Å². The van der Waals surface area contributed by atoms with Crippen molar-refractivity contribution in [3.8, 4) is 0 Å². The number of hydrogen-bond acceptors (Lipinski definition) is 6. The fourth-order valence-electron chi connectivity index (χ4n) is 3.87. The van der Waals surface area contributed by atoms with Gasteiger partial charge in [-0.3, -0.25) is 9.59 Å². The number of nitrogens with two attached hydrogens (primary N) is 2. The number of aromatic nitrogens is 2. The van der Waals surface area contributed by atoms with E-state index in [-0.39, 0.29) is 11.4 Å². The maximum Gasteiger partial charge on any atom is 0.259 e. The van der Waals surface area contributed by atoms with E-state index in [0.717, 1.165) is 4.88 Å². The Balaban J connectivity index is 1.73. The lowest BCUT2D eigenvalue weighted by Crippen LogP contribution is -2.34. The van der Waals surface area contributed by atoms with Gasteiger partial charge in [-0.2, -0.15) is 0 Å². The number of carbonyl (C=O) groups is 2. The van der Waals surface area contributed by atoms with E-state index in [4.69, 9.17) is 11.5 Å². The minimum absolute atomic E-state index is 0.233. The molecular weight excluding hydrogens is 450 g/mol. The van der Waals surface area contributed by atoms with E-state index in [0.29, 0.717) is 32.7 Å². The van der Waals surface area contributed by atoms with Crippen molar-refractivity contribution in [1.29, 1.82) is 0 Å². The number of thiophene rings is 1. The van der Waals surface area contributed by atoms with Crippen molar-refractivity contribution in [3.63, 3.8) is 0 Å². The zero-order valence-electron chi connectivity index (χ0n) is 19.1. The molecule has 8 nitrogen and oxygen atoms in total. The van der Waals surface area contributed by atoms with E-state index in [1.165, 1.54) is 11.3 Å². The Morgan fingerprint density at radius 1 is 1.12 bits per heavy atom. The predicted molar refractivity (Wildman–Crippen MR) is 135 cm³/mol. The fraction of sp³-hybridized carbons (Fsp3) is 0.240. The van der Waals surface area contributed by atoms with E-state index in [1.807, 2.05) is 57.2 Å². The van der Waals surface area contributed by atoms with Crippen LogP contribution in [0.1, 0.15) is 52.4 Å². The molecule has 2 aromatic heterocycles. The second-order valence-electron chi connectivity index (χ2n) is 9.19. The van der Waals surface area contributed by atoms with Gasteiger partial charge < -0.3 is 26.9 Å². The number of carbonyl (C=O) groups excluding carboxylic acids is 2. The summed E-state index contributed by atoms with van der Waals surface area (Å²) in [5.74, 6) is -1.72. The van der Waals surface area contributed by atoms with Gasteiger partial charge in [-0.05, 0) is 40.8 Å². The lowest BCUT2D eigenvalue weighted by molar-refractivity contribution is -0.124. The summed E-state index contributed by atoms with van der Waals surface area (Å²) in [5.41, 5.74) is 14.2. The molecule has 4 rings (SSSR count). The number of fused-ring (bicyclic) bond motifs is 1. The Bertz CT molecular complexity index is 1350. The normalized spacial score (nSPS) is 13.5. The average Bonchev–Trinajstić information content (AvgIpc) is 3.37. The standard InChI is InChI=1S/C25H27N5O3S/c1-25(2,3)18-12-15(21(34-18)22(26)32)19(13-7-5-4-6-8-13)20(31)23(33)28-14-9-10-16-17(11-14)30-24(27)29-16/h4-12,19-20,31H,1-3H3,(H2,26,32)(H,28,33)(H3,27,29,30).